The third kappa shape index (κ3) is 2.99. The summed E-state index contributed by atoms with van der Waals surface area (Å²) in [6.45, 7) is 0. The Hall–Kier alpha value is -1.93. The van der Waals surface area contributed by atoms with Crippen molar-refractivity contribution in [2.24, 2.45) is 0 Å². The number of carbonyl (C=O) groups excluding carboxylic acids is 1. The molecule has 1 unspecified atom stereocenters. The number of nitrogens with zero attached hydrogens (tertiary/aromatic N) is 4. The molecule has 1 saturated heterocycles. The predicted octanol–water partition coefficient (Wildman–Crippen LogP) is -0.896. The topological polar surface area (TPSA) is 192 Å². The molecule has 0 radical (unpaired) electrons. The number of halogens is 2. The van der Waals surface area contributed by atoms with Crippen molar-refractivity contribution in [1.29, 1.82) is 0 Å². The molecule has 16 heteroatoms. The predicted molar refractivity (Wildman–Crippen MR) is 91.2 cm³/mol. The molecule has 0 amide bonds. The number of methoxy groups -OCH3 is 1. The first-order valence-electron chi connectivity index (χ1n) is 7.96. The van der Waals surface area contributed by atoms with Gasteiger partial charge >= 0.3 is 13.6 Å². The fourth-order valence-corrected chi connectivity index (χ4v) is 4.11. The molecule has 2 fully saturated rings. The van der Waals surface area contributed by atoms with E-state index in [-0.39, 0.29) is 22.3 Å². The van der Waals surface area contributed by atoms with Crippen LogP contribution in [0.3, 0.4) is 0 Å². The first-order valence-corrected chi connectivity index (χ1v) is 10.0. The van der Waals surface area contributed by atoms with Gasteiger partial charge in [-0.1, -0.05) is 0 Å². The van der Waals surface area contributed by atoms with Gasteiger partial charge in [-0.15, -0.1) is 0 Å². The van der Waals surface area contributed by atoms with E-state index >= 15 is 4.39 Å². The Kier molecular flexibility index (Phi) is 4.59. The Balaban J connectivity index is 1.59. The summed E-state index contributed by atoms with van der Waals surface area (Å²) in [4.78, 5) is 41.7. The van der Waals surface area contributed by atoms with Crippen molar-refractivity contribution < 1.29 is 42.9 Å². The van der Waals surface area contributed by atoms with Gasteiger partial charge in [0.15, 0.2) is 29.5 Å². The molecule has 0 aromatic carbocycles. The van der Waals surface area contributed by atoms with Crippen LogP contribution in [0, 0.1) is 0 Å². The van der Waals surface area contributed by atoms with E-state index in [1.54, 1.807) is 0 Å². The average Bonchev–Trinajstić information content (AvgIpc) is 2.90. The van der Waals surface area contributed by atoms with Crippen LogP contribution in [-0.2, 0) is 23.6 Å². The minimum atomic E-state index is -5.11. The number of anilines is 1. The number of aromatic nitrogens is 4. The van der Waals surface area contributed by atoms with E-state index < -0.39 is 49.6 Å². The highest BCUT2D eigenvalue weighted by Gasteiger charge is 2.79. The molecule has 2 aromatic rings. The maximum Gasteiger partial charge on any atom is 0.365 e. The van der Waals surface area contributed by atoms with Crippen molar-refractivity contribution in [3.8, 4) is 0 Å². The lowest BCUT2D eigenvalue weighted by atomic mass is 10.2. The number of fused-ring (bicyclic) bond motifs is 2. The number of carbonyl (C=O) groups is 1. The zero-order valence-electron chi connectivity index (χ0n) is 14.4. The van der Waals surface area contributed by atoms with Crippen molar-refractivity contribution in [3.05, 3.63) is 11.6 Å². The molecular formula is C13H14ClFN5O8P. The van der Waals surface area contributed by atoms with Crippen LogP contribution in [0.5, 0.6) is 0 Å². The Bertz CT molecular complexity index is 1050. The summed E-state index contributed by atoms with van der Waals surface area (Å²) in [6.07, 6.45) is -5.19. The normalized spacial score (nSPS) is 32.2. The van der Waals surface area contributed by atoms with Crippen molar-refractivity contribution in [1.82, 2.24) is 19.5 Å². The first kappa shape index (κ1) is 20.3. The van der Waals surface area contributed by atoms with Crippen LogP contribution < -0.4 is 5.73 Å². The average molecular weight is 454 g/mol. The first-order chi connectivity index (χ1) is 13.5. The van der Waals surface area contributed by atoms with Gasteiger partial charge in [0.2, 0.25) is 5.28 Å². The van der Waals surface area contributed by atoms with Crippen molar-refractivity contribution in [3.63, 3.8) is 0 Å². The quantitative estimate of drug-likeness (QED) is 0.248. The fourth-order valence-electron chi connectivity index (χ4n) is 3.27. The van der Waals surface area contributed by atoms with Gasteiger partial charge in [-0.25, -0.2) is 14.2 Å². The Morgan fingerprint density at radius 2 is 2.21 bits per heavy atom. The summed E-state index contributed by atoms with van der Waals surface area (Å²) < 4.78 is 42.4. The highest BCUT2D eigenvalue weighted by molar-refractivity contribution is 7.53. The highest BCUT2D eigenvalue weighted by Crippen LogP contribution is 2.59. The molecule has 29 heavy (non-hydrogen) atoms. The molecule has 158 valence electrons. The number of hydrogen-bond acceptors (Lipinski definition) is 10. The molecular weight excluding hydrogens is 440 g/mol. The SMILES string of the molecule is COC(=O)[C@H](OC1[C@H]2O[C@@H](n3cnc4c(N)nc(Cl)nc43)[C@@H](F)[C@@]12O)P(=O)(O)O. The van der Waals surface area contributed by atoms with E-state index in [2.05, 4.69) is 19.7 Å². The highest BCUT2D eigenvalue weighted by atomic mass is 35.5. The second kappa shape index (κ2) is 6.54. The smallest absolute Gasteiger partial charge is 0.365 e. The standard InChI is InChI=1S/C13H14ClFN5O8P/c1-26-10(21)11(29(23,24)25)28-6-5-13(6,22)4(15)9(27-5)20-2-17-3-7(16)18-12(14)19-8(3)20/h2,4-6,9,11,22H,1H3,(H2,16,18,19)(H2,23,24,25)/t4-,5-,6?,9-,11-,13+/m1/s1. The van der Waals surface area contributed by atoms with E-state index in [9.17, 15) is 24.3 Å². The zero-order chi connectivity index (χ0) is 21.3. The van der Waals surface area contributed by atoms with Gasteiger partial charge < -0.3 is 34.8 Å². The van der Waals surface area contributed by atoms with Crippen LogP contribution in [0.15, 0.2) is 6.33 Å². The van der Waals surface area contributed by atoms with Crippen molar-refractivity contribution >= 4 is 42.1 Å². The maximum absolute atomic E-state index is 15.1. The summed E-state index contributed by atoms with van der Waals surface area (Å²) in [7, 11) is -4.21. The molecule has 4 rings (SSSR count). The van der Waals surface area contributed by atoms with Crippen LogP contribution in [-0.4, -0.2) is 77.3 Å². The van der Waals surface area contributed by atoms with Crippen LogP contribution in [0.25, 0.3) is 11.2 Å². The zero-order valence-corrected chi connectivity index (χ0v) is 16.1. The number of imidazole rings is 1. The second-order valence-corrected chi connectivity index (χ2v) is 8.44. The summed E-state index contributed by atoms with van der Waals surface area (Å²) in [6, 6.07) is 0. The van der Waals surface area contributed by atoms with Gasteiger partial charge in [0.1, 0.15) is 17.7 Å². The van der Waals surface area contributed by atoms with Crippen LogP contribution in [0.2, 0.25) is 5.28 Å². The van der Waals surface area contributed by atoms with E-state index in [0.717, 1.165) is 11.7 Å². The molecule has 6 atom stereocenters. The lowest BCUT2D eigenvalue weighted by Gasteiger charge is -2.24. The number of ether oxygens (including phenoxy) is 3. The van der Waals surface area contributed by atoms with Gasteiger partial charge in [0.25, 0.3) is 5.85 Å². The van der Waals surface area contributed by atoms with Crippen LogP contribution >= 0.6 is 19.2 Å². The number of esters is 1. The van der Waals surface area contributed by atoms with Gasteiger partial charge in [0.05, 0.1) is 13.4 Å². The number of alkyl halides is 1. The van der Waals surface area contributed by atoms with Crippen molar-refractivity contribution in [2.45, 2.75) is 36.1 Å². The lowest BCUT2D eigenvalue weighted by Crippen LogP contribution is -2.37. The molecule has 1 saturated carbocycles. The summed E-state index contributed by atoms with van der Waals surface area (Å²) in [5.41, 5.74) is 3.63. The van der Waals surface area contributed by atoms with E-state index in [0.29, 0.717) is 0 Å². The monoisotopic (exact) mass is 453 g/mol. The minimum Gasteiger partial charge on any atom is -0.467 e. The summed E-state index contributed by atoms with van der Waals surface area (Å²) in [5, 5.41) is 10.4. The second-order valence-electron chi connectivity index (χ2n) is 6.46. The van der Waals surface area contributed by atoms with Crippen LogP contribution in [0.1, 0.15) is 6.23 Å². The Morgan fingerprint density at radius 3 is 2.76 bits per heavy atom. The molecule has 1 aliphatic carbocycles. The largest absolute Gasteiger partial charge is 0.467 e. The molecule has 3 heterocycles. The minimum absolute atomic E-state index is 0.0419. The molecule has 1 aliphatic heterocycles. The number of rotatable bonds is 5. The molecule has 0 spiro atoms. The number of nitrogens with two attached hydrogens (primary N) is 1. The molecule has 5 N–H and O–H groups in total. The lowest BCUT2D eigenvalue weighted by molar-refractivity contribution is -0.155. The van der Waals surface area contributed by atoms with Crippen LogP contribution in [0.4, 0.5) is 10.2 Å². The maximum atomic E-state index is 15.1. The molecule has 2 aliphatic rings. The number of nitrogen functional groups attached to an aromatic ring is 1. The fraction of sp³-hybridized carbons (Fsp3) is 0.538. The van der Waals surface area contributed by atoms with Gasteiger partial charge in [-0.2, -0.15) is 9.97 Å². The molecule has 2 aromatic heterocycles. The van der Waals surface area contributed by atoms with E-state index in [1.807, 2.05) is 0 Å². The number of aliphatic hydroxyl groups is 1. The van der Waals surface area contributed by atoms with E-state index in [4.69, 9.17) is 26.8 Å². The van der Waals surface area contributed by atoms with E-state index in [1.165, 1.54) is 6.33 Å². The number of hydrogen-bond donors (Lipinski definition) is 4. The Morgan fingerprint density at radius 1 is 1.52 bits per heavy atom. The summed E-state index contributed by atoms with van der Waals surface area (Å²) in [5.74, 6) is -3.75. The van der Waals surface area contributed by atoms with Gasteiger partial charge in [-0.05, 0) is 11.6 Å². The molecule has 0 bridgehead atoms. The Labute approximate surface area is 165 Å². The van der Waals surface area contributed by atoms with Crippen molar-refractivity contribution in [2.75, 3.05) is 12.8 Å². The third-order valence-corrected chi connectivity index (χ3v) is 5.85. The van der Waals surface area contributed by atoms with Gasteiger partial charge in [0, 0.05) is 0 Å². The third-order valence-electron chi connectivity index (χ3n) is 4.73. The molecule has 13 nitrogen and oxygen atoms in total. The summed E-state index contributed by atoms with van der Waals surface area (Å²) >= 11 is 5.76. The van der Waals surface area contributed by atoms with Gasteiger partial charge in [-0.3, -0.25) is 9.13 Å².